The van der Waals surface area contributed by atoms with Crippen LogP contribution in [0, 0.1) is 5.82 Å². The number of halogens is 1. The minimum atomic E-state index is -1.03. The van der Waals surface area contributed by atoms with Gasteiger partial charge >= 0.3 is 0 Å². The number of anilines is 1. The van der Waals surface area contributed by atoms with E-state index in [-0.39, 0.29) is 24.5 Å². The standard InChI is InChI=1S/C13H14FNO4/c1-13(2)12(17)15(3)10-4-8(6-18-7-16)9(14)5-11(10)19-13/h4-5,7H,6H2,1-3H3. The highest BCUT2D eigenvalue weighted by Crippen LogP contribution is 2.38. The third kappa shape index (κ3) is 2.25. The van der Waals surface area contributed by atoms with Crippen molar-refractivity contribution < 1.29 is 23.5 Å². The van der Waals surface area contributed by atoms with E-state index in [1.165, 1.54) is 17.0 Å². The summed E-state index contributed by atoms with van der Waals surface area (Å²) in [4.78, 5) is 23.6. The molecule has 0 N–H and O–H groups in total. The Kier molecular flexibility index (Phi) is 3.18. The number of ether oxygens (including phenoxy) is 2. The van der Waals surface area contributed by atoms with Crippen LogP contribution in [0.1, 0.15) is 19.4 Å². The molecular formula is C13H14FNO4. The topological polar surface area (TPSA) is 55.8 Å². The number of hydrogen-bond donors (Lipinski definition) is 0. The summed E-state index contributed by atoms with van der Waals surface area (Å²) in [5.41, 5.74) is -0.390. The maximum atomic E-state index is 13.8. The molecule has 1 aromatic carbocycles. The van der Waals surface area contributed by atoms with E-state index in [0.29, 0.717) is 11.4 Å². The first-order valence-electron chi connectivity index (χ1n) is 5.71. The van der Waals surface area contributed by atoms with E-state index in [2.05, 4.69) is 4.74 Å². The van der Waals surface area contributed by atoms with Crippen molar-refractivity contribution in [3.05, 3.63) is 23.5 Å². The highest BCUT2D eigenvalue weighted by Gasteiger charge is 2.39. The first-order chi connectivity index (χ1) is 8.86. The minimum Gasteiger partial charge on any atom is -0.476 e. The zero-order valence-corrected chi connectivity index (χ0v) is 10.9. The fourth-order valence-corrected chi connectivity index (χ4v) is 2.00. The molecule has 0 saturated carbocycles. The number of likely N-dealkylation sites (N-methyl/N-ethyl adjacent to an activating group) is 1. The predicted octanol–water partition coefficient (Wildman–Crippen LogP) is 1.63. The van der Waals surface area contributed by atoms with Crippen LogP contribution in [0.2, 0.25) is 0 Å². The second kappa shape index (κ2) is 4.53. The monoisotopic (exact) mass is 267 g/mol. The minimum absolute atomic E-state index is 0.186. The summed E-state index contributed by atoms with van der Waals surface area (Å²) in [5, 5.41) is 0. The molecule has 1 heterocycles. The van der Waals surface area contributed by atoms with E-state index in [1.807, 2.05) is 0 Å². The lowest BCUT2D eigenvalue weighted by atomic mass is 10.0. The Morgan fingerprint density at radius 2 is 2.16 bits per heavy atom. The molecule has 0 fully saturated rings. The van der Waals surface area contributed by atoms with Crippen molar-refractivity contribution >= 4 is 18.1 Å². The van der Waals surface area contributed by atoms with Gasteiger partial charge in [0, 0.05) is 18.7 Å². The van der Waals surface area contributed by atoms with E-state index in [4.69, 9.17) is 4.74 Å². The first-order valence-corrected chi connectivity index (χ1v) is 5.71. The Hall–Kier alpha value is -2.11. The zero-order valence-electron chi connectivity index (χ0n) is 10.9. The second-order valence-electron chi connectivity index (χ2n) is 4.80. The lowest BCUT2D eigenvalue weighted by Gasteiger charge is -2.37. The van der Waals surface area contributed by atoms with Crippen LogP contribution >= 0.6 is 0 Å². The molecule has 0 spiro atoms. The molecule has 0 aromatic heterocycles. The normalized spacial score (nSPS) is 16.6. The first kappa shape index (κ1) is 13.3. The van der Waals surface area contributed by atoms with Gasteiger partial charge in [0.25, 0.3) is 12.4 Å². The Morgan fingerprint density at radius 1 is 1.47 bits per heavy atom. The van der Waals surface area contributed by atoms with Crippen molar-refractivity contribution in [2.45, 2.75) is 26.1 Å². The number of nitrogens with zero attached hydrogens (tertiary/aromatic N) is 1. The van der Waals surface area contributed by atoms with E-state index in [0.717, 1.165) is 0 Å². The van der Waals surface area contributed by atoms with E-state index < -0.39 is 11.4 Å². The predicted molar refractivity (Wildman–Crippen MR) is 65.4 cm³/mol. The average Bonchev–Trinajstić information content (AvgIpc) is 2.34. The molecule has 0 radical (unpaired) electrons. The Bertz CT molecular complexity index is 542. The third-order valence-corrected chi connectivity index (χ3v) is 2.98. The van der Waals surface area contributed by atoms with Gasteiger partial charge in [-0.25, -0.2) is 4.39 Å². The lowest BCUT2D eigenvalue weighted by Crippen LogP contribution is -2.51. The molecular weight excluding hydrogens is 253 g/mol. The number of carbonyl (C=O) groups is 2. The number of amides is 1. The summed E-state index contributed by atoms with van der Waals surface area (Å²) in [6.07, 6.45) is 0. The molecule has 0 aliphatic carbocycles. The highest BCUT2D eigenvalue weighted by atomic mass is 19.1. The summed E-state index contributed by atoms with van der Waals surface area (Å²) in [6, 6.07) is 2.64. The zero-order chi connectivity index (χ0) is 14.2. The molecule has 1 aliphatic rings. The van der Waals surface area contributed by atoms with Crippen LogP contribution in [0.15, 0.2) is 12.1 Å². The van der Waals surface area contributed by atoms with Crippen LogP contribution in [-0.4, -0.2) is 25.0 Å². The lowest BCUT2D eigenvalue weighted by molar-refractivity contribution is -0.132. The average molecular weight is 267 g/mol. The van der Waals surface area contributed by atoms with Crippen LogP contribution in [0.5, 0.6) is 5.75 Å². The molecule has 5 nitrogen and oxygen atoms in total. The van der Waals surface area contributed by atoms with Gasteiger partial charge in [-0.2, -0.15) is 0 Å². The summed E-state index contributed by atoms with van der Waals surface area (Å²) in [7, 11) is 1.59. The van der Waals surface area contributed by atoms with Gasteiger partial charge in [0.2, 0.25) is 0 Å². The summed E-state index contributed by atoms with van der Waals surface area (Å²) in [5.74, 6) is -0.479. The molecule has 1 aliphatic heterocycles. The number of carbonyl (C=O) groups excluding carboxylic acids is 2. The van der Waals surface area contributed by atoms with Gasteiger partial charge in [-0.3, -0.25) is 9.59 Å². The summed E-state index contributed by atoms with van der Waals surface area (Å²) < 4.78 is 23.8. The van der Waals surface area contributed by atoms with Crippen molar-refractivity contribution in [2.75, 3.05) is 11.9 Å². The Balaban J connectivity index is 2.45. The number of fused-ring (bicyclic) bond motifs is 1. The molecule has 6 heteroatoms. The van der Waals surface area contributed by atoms with Crippen molar-refractivity contribution in [3.8, 4) is 5.75 Å². The quantitative estimate of drug-likeness (QED) is 0.781. The van der Waals surface area contributed by atoms with Crippen LogP contribution in [0.4, 0.5) is 10.1 Å². The van der Waals surface area contributed by atoms with Gasteiger partial charge in [-0.1, -0.05) is 0 Å². The van der Waals surface area contributed by atoms with Crippen molar-refractivity contribution in [1.82, 2.24) is 0 Å². The molecule has 1 aromatic rings. The molecule has 0 unspecified atom stereocenters. The largest absolute Gasteiger partial charge is 0.476 e. The van der Waals surface area contributed by atoms with E-state index in [1.54, 1.807) is 20.9 Å². The van der Waals surface area contributed by atoms with Crippen LogP contribution in [0.25, 0.3) is 0 Å². The van der Waals surface area contributed by atoms with Gasteiger partial charge in [0.05, 0.1) is 5.69 Å². The van der Waals surface area contributed by atoms with Crippen LogP contribution in [0.3, 0.4) is 0 Å². The highest BCUT2D eigenvalue weighted by molar-refractivity contribution is 6.01. The van der Waals surface area contributed by atoms with E-state index >= 15 is 0 Å². The van der Waals surface area contributed by atoms with Crippen molar-refractivity contribution in [3.63, 3.8) is 0 Å². The third-order valence-electron chi connectivity index (χ3n) is 2.98. The second-order valence-corrected chi connectivity index (χ2v) is 4.80. The molecule has 0 atom stereocenters. The molecule has 0 bridgehead atoms. The molecule has 102 valence electrons. The van der Waals surface area contributed by atoms with Gasteiger partial charge in [-0.15, -0.1) is 0 Å². The van der Waals surface area contributed by atoms with Crippen LogP contribution < -0.4 is 9.64 Å². The Labute approximate surface area is 109 Å². The Morgan fingerprint density at radius 3 is 2.79 bits per heavy atom. The maximum Gasteiger partial charge on any atom is 0.293 e. The van der Waals surface area contributed by atoms with Crippen molar-refractivity contribution in [1.29, 1.82) is 0 Å². The van der Waals surface area contributed by atoms with Gasteiger partial charge in [0.15, 0.2) is 5.60 Å². The van der Waals surface area contributed by atoms with Gasteiger partial charge in [0.1, 0.15) is 18.2 Å². The molecule has 19 heavy (non-hydrogen) atoms. The SMILES string of the molecule is CN1C(=O)C(C)(C)Oc2cc(F)c(COC=O)cc21. The molecule has 0 saturated heterocycles. The van der Waals surface area contributed by atoms with Crippen molar-refractivity contribution in [2.24, 2.45) is 0 Å². The molecule has 1 amide bonds. The van der Waals surface area contributed by atoms with Gasteiger partial charge < -0.3 is 14.4 Å². The smallest absolute Gasteiger partial charge is 0.293 e. The molecule has 2 rings (SSSR count). The summed E-state index contributed by atoms with van der Waals surface area (Å²) in [6.45, 7) is 3.30. The number of hydrogen-bond acceptors (Lipinski definition) is 4. The van der Waals surface area contributed by atoms with E-state index in [9.17, 15) is 14.0 Å². The number of rotatable bonds is 3. The summed E-state index contributed by atoms with van der Waals surface area (Å²) >= 11 is 0. The number of benzene rings is 1. The van der Waals surface area contributed by atoms with Crippen LogP contribution in [-0.2, 0) is 20.9 Å². The fourth-order valence-electron chi connectivity index (χ4n) is 2.00. The maximum absolute atomic E-state index is 13.8. The fraction of sp³-hybridized carbons (Fsp3) is 0.385. The van der Waals surface area contributed by atoms with Gasteiger partial charge in [-0.05, 0) is 19.9 Å².